The number of aliphatic hydroxyl groups is 1. The van der Waals surface area contributed by atoms with Crippen molar-refractivity contribution in [2.24, 2.45) is 5.92 Å². The first-order valence-corrected chi connectivity index (χ1v) is 6.09. The van der Waals surface area contributed by atoms with Crippen LogP contribution in [-0.2, 0) is 4.79 Å². The van der Waals surface area contributed by atoms with E-state index in [4.69, 9.17) is 0 Å². The highest BCUT2D eigenvalue weighted by Gasteiger charge is 2.20. The summed E-state index contributed by atoms with van der Waals surface area (Å²) in [5.74, 6) is 0.643. The molecule has 0 saturated heterocycles. The zero-order chi connectivity index (χ0) is 11.3. The minimum absolute atomic E-state index is 0.146. The quantitative estimate of drug-likeness (QED) is 0.748. The molecule has 1 atom stereocenters. The van der Waals surface area contributed by atoms with Crippen LogP contribution in [0.1, 0.15) is 52.4 Å². The molecule has 2 N–H and O–H groups in total. The highest BCUT2D eigenvalue weighted by Crippen LogP contribution is 2.18. The van der Waals surface area contributed by atoms with Crippen molar-refractivity contribution in [1.29, 1.82) is 0 Å². The first-order chi connectivity index (χ1) is 7.11. The molecule has 0 radical (unpaired) electrons. The Morgan fingerprint density at radius 1 is 1.40 bits per heavy atom. The van der Waals surface area contributed by atoms with Gasteiger partial charge in [-0.25, -0.2) is 0 Å². The van der Waals surface area contributed by atoms with Crippen molar-refractivity contribution in [2.45, 2.75) is 64.5 Å². The lowest BCUT2D eigenvalue weighted by Crippen LogP contribution is -2.39. The number of aliphatic hydroxyl groups excluding tert-OH is 1. The predicted molar refractivity (Wildman–Crippen MR) is 60.5 cm³/mol. The number of hydrogen-bond donors (Lipinski definition) is 2. The number of carbonyl (C=O) groups excluding carboxylic acids is 1. The number of nitrogens with one attached hydrogen (secondary N) is 1. The Hall–Kier alpha value is -0.570. The van der Waals surface area contributed by atoms with E-state index < -0.39 is 0 Å². The van der Waals surface area contributed by atoms with E-state index in [2.05, 4.69) is 19.2 Å². The molecule has 0 aliphatic heterocycles. The van der Waals surface area contributed by atoms with Gasteiger partial charge >= 0.3 is 0 Å². The Kier molecular flexibility index (Phi) is 5.09. The highest BCUT2D eigenvalue weighted by atomic mass is 16.3. The van der Waals surface area contributed by atoms with Gasteiger partial charge in [-0.2, -0.15) is 0 Å². The lowest BCUT2D eigenvalue weighted by Gasteiger charge is -2.26. The van der Waals surface area contributed by atoms with Gasteiger partial charge in [0, 0.05) is 12.5 Å². The van der Waals surface area contributed by atoms with Gasteiger partial charge in [-0.05, 0) is 31.6 Å². The SMILES string of the molecule is CCC(C)CC(=O)NC1CCC(O)CC1. The van der Waals surface area contributed by atoms with E-state index in [1.807, 2.05) is 0 Å². The van der Waals surface area contributed by atoms with E-state index >= 15 is 0 Å². The lowest BCUT2D eigenvalue weighted by atomic mass is 9.93. The molecule has 0 heterocycles. The molecule has 3 heteroatoms. The van der Waals surface area contributed by atoms with Crippen molar-refractivity contribution in [1.82, 2.24) is 5.32 Å². The Bertz CT molecular complexity index is 198. The Morgan fingerprint density at radius 3 is 2.53 bits per heavy atom. The maximum absolute atomic E-state index is 11.6. The van der Waals surface area contributed by atoms with E-state index in [0.717, 1.165) is 32.1 Å². The summed E-state index contributed by atoms with van der Waals surface area (Å²) in [6.07, 6.45) is 5.04. The summed E-state index contributed by atoms with van der Waals surface area (Å²) in [5, 5.41) is 12.4. The van der Waals surface area contributed by atoms with Crippen LogP contribution in [0.25, 0.3) is 0 Å². The second kappa shape index (κ2) is 6.11. The van der Waals surface area contributed by atoms with Crippen molar-refractivity contribution in [2.75, 3.05) is 0 Å². The van der Waals surface area contributed by atoms with Gasteiger partial charge in [-0.15, -0.1) is 0 Å². The molecule has 3 nitrogen and oxygen atoms in total. The number of hydrogen-bond acceptors (Lipinski definition) is 2. The van der Waals surface area contributed by atoms with Gasteiger partial charge in [-0.3, -0.25) is 4.79 Å². The lowest BCUT2D eigenvalue weighted by molar-refractivity contribution is -0.123. The monoisotopic (exact) mass is 213 g/mol. The third kappa shape index (κ3) is 4.65. The average Bonchev–Trinajstić information content (AvgIpc) is 2.21. The molecule has 1 fully saturated rings. The second-order valence-corrected chi connectivity index (χ2v) is 4.79. The first kappa shape index (κ1) is 12.5. The molecule has 88 valence electrons. The fourth-order valence-electron chi connectivity index (χ4n) is 1.97. The third-order valence-corrected chi connectivity index (χ3v) is 3.29. The molecule has 15 heavy (non-hydrogen) atoms. The summed E-state index contributed by atoms with van der Waals surface area (Å²) in [4.78, 5) is 11.6. The first-order valence-electron chi connectivity index (χ1n) is 6.09. The largest absolute Gasteiger partial charge is 0.393 e. The summed E-state index contributed by atoms with van der Waals surface area (Å²) in [6, 6.07) is 0.296. The van der Waals surface area contributed by atoms with Crippen LogP contribution < -0.4 is 5.32 Å². The minimum Gasteiger partial charge on any atom is -0.393 e. The molecule has 1 amide bonds. The Balaban J connectivity index is 2.20. The molecule has 0 aromatic rings. The molecular weight excluding hydrogens is 190 g/mol. The normalized spacial score (nSPS) is 28.5. The number of rotatable bonds is 4. The van der Waals surface area contributed by atoms with Crippen LogP contribution in [0.15, 0.2) is 0 Å². The summed E-state index contributed by atoms with van der Waals surface area (Å²) >= 11 is 0. The molecule has 0 aromatic carbocycles. The zero-order valence-electron chi connectivity index (χ0n) is 9.83. The van der Waals surface area contributed by atoms with E-state index in [-0.39, 0.29) is 12.0 Å². The summed E-state index contributed by atoms with van der Waals surface area (Å²) < 4.78 is 0. The molecule has 0 spiro atoms. The van der Waals surface area contributed by atoms with E-state index in [1.165, 1.54) is 0 Å². The predicted octanol–water partition coefficient (Wildman–Crippen LogP) is 1.84. The van der Waals surface area contributed by atoms with Crippen molar-refractivity contribution < 1.29 is 9.90 Å². The van der Waals surface area contributed by atoms with Crippen LogP contribution in [0.5, 0.6) is 0 Å². The van der Waals surface area contributed by atoms with Crippen LogP contribution in [0.3, 0.4) is 0 Å². The standard InChI is InChI=1S/C12H23NO2/c1-3-9(2)8-12(15)13-10-4-6-11(14)7-5-10/h9-11,14H,3-8H2,1-2H3,(H,13,15). The summed E-state index contributed by atoms with van der Waals surface area (Å²) in [7, 11) is 0. The van der Waals surface area contributed by atoms with Gasteiger partial charge in [0.2, 0.25) is 5.91 Å². The van der Waals surface area contributed by atoms with Gasteiger partial charge in [-0.1, -0.05) is 20.3 Å². The van der Waals surface area contributed by atoms with Gasteiger partial charge in [0.05, 0.1) is 6.10 Å². The molecule has 1 aliphatic rings. The molecule has 1 aliphatic carbocycles. The van der Waals surface area contributed by atoms with Crippen molar-refractivity contribution in [3.05, 3.63) is 0 Å². The Morgan fingerprint density at radius 2 is 2.00 bits per heavy atom. The van der Waals surface area contributed by atoms with Gasteiger partial charge < -0.3 is 10.4 Å². The highest BCUT2D eigenvalue weighted by molar-refractivity contribution is 5.76. The minimum atomic E-state index is -0.146. The molecule has 0 bridgehead atoms. The molecule has 1 unspecified atom stereocenters. The van der Waals surface area contributed by atoms with Crippen LogP contribution in [0, 0.1) is 5.92 Å². The van der Waals surface area contributed by atoms with Gasteiger partial charge in [0.1, 0.15) is 0 Å². The molecule has 1 saturated carbocycles. The van der Waals surface area contributed by atoms with Crippen LogP contribution in [-0.4, -0.2) is 23.2 Å². The maximum atomic E-state index is 11.6. The maximum Gasteiger partial charge on any atom is 0.220 e. The van der Waals surface area contributed by atoms with E-state index in [0.29, 0.717) is 18.4 Å². The topological polar surface area (TPSA) is 49.3 Å². The fourth-order valence-corrected chi connectivity index (χ4v) is 1.97. The Labute approximate surface area is 92.3 Å². The van der Waals surface area contributed by atoms with Crippen LogP contribution in [0.2, 0.25) is 0 Å². The summed E-state index contributed by atoms with van der Waals surface area (Å²) in [6.45, 7) is 4.21. The third-order valence-electron chi connectivity index (χ3n) is 3.29. The van der Waals surface area contributed by atoms with Crippen molar-refractivity contribution in [3.8, 4) is 0 Å². The van der Waals surface area contributed by atoms with E-state index in [1.54, 1.807) is 0 Å². The van der Waals surface area contributed by atoms with Gasteiger partial charge in [0.15, 0.2) is 0 Å². The molecule has 0 aromatic heterocycles. The number of amides is 1. The van der Waals surface area contributed by atoms with E-state index in [9.17, 15) is 9.90 Å². The molecular formula is C12H23NO2. The zero-order valence-corrected chi connectivity index (χ0v) is 9.83. The van der Waals surface area contributed by atoms with Crippen LogP contribution >= 0.6 is 0 Å². The van der Waals surface area contributed by atoms with Crippen molar-refractivity contribution >= 4 is 5.91 Å². The fraction of sp³-hybridized carbons (Fsp3) is 0.917. The summed E-state index contributed by atoms with van der Waals surface area (Å²) in [5.41, 5.74) is 0. The molecule has 1 rings (SSSR count). The van der Waals surface area contributed by atoms with Gasteiger partial charge in [0.25, 0.3) is 0 Å². The number of carbonyl (C=O) groups is 1. The van der Waals surface area contributed by atoms with Crippen LogP contribution in [0.4, 0.5) is 0 Å². The second-order valence-electron chi connectivity index (χ2n) is 4.79. The smallest absolute Gasteiger partial charge is 0.220 e. The average molecular weight is 213 g/mol. The van der Waals surface area contributed by atoms with Crippen molar-refractivity contribution in [3.63, 3.8) is 0 Å².